The standard InChI is InChI=1S/C17H21BN4O2/c1-17(2,3)24-16(23)22-8-6-21(7-9-22)15-11-19-13-5-4-12(18)10-14(13)20-15/h4-5,10-11H,6-9H2,1-3H3. The molecule has 7 heteroatoms. The fourth-order valence-corrected chi connectivity index (χ4v) is 2.62. The average Bonchev–Trinajstić information content (AvgIpc) is 2.52. The third-order valence-corrected chi connectivity index (χ3v) is 3.81. The minimum atomic E-state index is -0.474. The molecule has 3 rings (SSSR count). The highest BCUT2D eigenvalue weighted by Crippen LogP contribution is 2.17. The summed E-state index contributed by atoms with van der Waals surface area (Å²) in [5, 5.41) is 0. The molecule has 0 unspecified atom stereocenters. The van der Waals surface area contributed by atoms with Gasteiger partial charge in [0.1, 0.15) is 19.3 Å². The first kappa shape index (κ1) is 16.5. The van der Waals surface area contributed by atoms with Crippen LogP contribution < -0.4 is 10.4 Å². The van der Waals surface area contributed by atoms with Gasteiger partial charge in [0, 0.05) is 26.2 Å². The van der Waals surface area contributed by atoms with Crippen molar-refractivity contribution in [2.75, 3.05) is 31.1 Å². The van der Waals surface area contributed by atoms with Crippen molar-refractivity contribution in [3.8, 4) is 0 Å². The molecule has 1 aliphatic rings. The zero-order valence-electron chi connectivity index (χ0n) is 14.3. The number of piperazine rings is 1. The van der Waals surface area contributed by atoms with Crippen molar-refractivity contribution in [1.82, 2.24) is 14.9 Å². The number of carbonyl (C=O) groups is 1. The van der Waals surface area contributed by atoms with E-state index in [0.717, 1.165) is 16.9 Å². The summed E-state index contributed by atoms with van der Waals surface area (Å²) in [5.74, 6) is 0.803. The van der Waals surface area contributed by atoms with Gasteiger partial charge in [-0.2, -0.15) is 0 Å². The second-order valence-corrected chi connectivity index (χ2v) is 6.93. The summed E-state index contributed by atoms with van der Waals surface area (Å²) in [4.78, 5) is 25.0. The third kappa shape index (κ3) is 3.78. The fraction of sp³-hybridized carbons (Fsp3) is 0.471. The van der Waals surface area contributed by atoms with Gasteiger partial charge in [0.2, 0.25) is 0 Å². The summed E-state index contributed by atoms with van der Waals surface area (Å²) in [6, 6.07) is 5.50. The van der Waals surface area contributed by atoms with Crippen LogP contribution in [0.4, 0.5) is 10.6 Å². The lowest BCUT2D eigenvalue weighted by Crippen LogP contribution is -2.50. The summed E-state index contributed by atoms with van der Waals surface area (Å²) in [5.41, 5.74) is 1.80. The molecular weight excluding hydrogens is 303 g/mol. The van der Waals surface area contributed by atoms with Crippen LogP contribution in [0.5, 0.6) is 0 Å². The molecule has 1 aromatic heterocycles. The minimum Gasteiger partial charge on any atom is -0.444 e. The third-order valence-electron chi connectivity index (χ3n) is 3.81. The molecule has 2 heterocycles. The van der Waals surface area contributed by atoms with Crippen LogP contribution in [0, 0.1) is 0 Å². The summed E-state index contributed by atoms with van der Waals surface area (Å²) in [7, 11) is 5.81. The van der Waals surface area contributed by atoms with Gasteiger partial charge in [0.25, 0.3) is 0 Å². The van der Waals surface area contributed by atoms with Crippen LogP contribution in [0.3, 0.4) is 0 Å². The Balaban J connectivity index is 1.67. The number of aromatic nitrogens is 2. The van der Waals surface area contributed by atoms with E-state index < -0.39 is 5.60 Å². The highest BCUT2D eigenvalue weighted by Gasteiger charge is 2.26. The zero-order chi connectivity index (χ0) is 17.3. The van der Waals surface area contributed by atoms with Gasteiger partial charge >= 0.3 is 6.09 Å². The van der Waals surface area contributed by atoms with E-state index >= 15 is 0 Å². The lowest BCUT2D eigenvalue weighted by molar-refractivity contribution is 0.0240. The number of ether oxygens (including phenoxy) is 1. The molecule has 24 heavy (non-hydrogen) atoms. The quantitative estimate of drug-likeness (QED) is 0.744. The van der Waals surface area contributed by atoms with Gasteiger partial charge in [-0.1, -0.05) is 11.5 Å². The zero-order valence-corrected chi connectivity index (χ0v) is 14.3. The molecule has 0 N–H and O–H groups in total. The highest BCUT2D eigenvalue weighted by atomic mass is 16.6. The van der Waals surface area contributed by atoms with Crippen molar-refractivity contribution < 1.29 is 9.53 Å². The van der Waals surface area contributed by atoms with Gasteiger partial charge in [-0.25, -0.2) is 9.78 Å². The molecule has 0 atom stereocenters. The summed E-state index contributed by atoms with van der Waals surface area (Å²) < 4.78 is 5.42. The van der Waals surface area contributed by atoms with E-state index in [1.165, 1.54) is 0 Å². The Morgan fingerprint density at radius 3 is 2.54 bits per heavy atom. The number of carbonyl (C=O) groups excluding carboxylic acids is 1. The van der Waals surface area contributed by atoms with Crippen molar-refractivity contribution in [2.45, 2.75) is 26.4 Å². The van der Waals surface area contributed by atoms with E-state index in [1.54, 1.807) is 11.1 Å². The largest absolute Gasteiger partial charge is 0.444 e. The molecule has 0 spiro atoms. The van der Waals surface area contributed by atoms with Crippen LogP contribution in [0.25, 0.3) is 11.0 Å². The monoisotopic (exact) mass is 324 g/mol. The maximum absolute atomic E-state index is 12.1. The Morgan fingerprint density at radius 1 is 1.17 bits per heavy atom. The number of hydrogen-bond donors (Lipinski definition) is 0. The molecule has 6 nitrogen and oxygen atoms in total. The van der Waals surface area contributed by atoms with E-state index in [-0.39, 0.29) is 6.09 Å². The SMILES string of the molecule is [B]c1ccc2ncc(N3CCN(C(=O)OC(C)(C)C)CC3)nc2c1. The summed E-state index contributed by atoms with van der Waals surface area (Å²) in [6.45, 7) is 8.22. The van der Waals surface area contributed by atoms with Gasteiger partial charge in [-0.3, -0.25) is 4.98 Å². The highest BCUT2D eigenvalue weighted by molar-refractivity contribution is 6.33. The van der Waals surface area contributed by atoms with Crippen LogP contribution in [0.1, 0.15) is 20.8 Å². The molecule has 1 saturated heterocycles. The Hall–Kier alpha value is -2.31. The molecule has 1 fully saturated rings. The van der Waals surface area contributed by atoms with Crippen molar-refractivity contribution in [3.63, 3.8) is 0 Å². The molecular formula is C17H21BN4O2. The number of rotatable bonds is 1. The first-order valence-electron chi connectivity index (χ1n) is 8.07. The average molecular weight is 324 g/mol. The van der Waals surface area contributed by atoms with Crippen LogP contribution >= 0.6 is 0 Å². The van der Waals surface area contributed by atoms with E-state index in [0.29, 0.717) is 31.6 Å². The predicted octanol–water partition coefficient (Wildman–Crippen LogP) is 1.48. The van der Waals surface area contributed by atoms with Crippen molar-refractivity contribution >= 4 is 36.3 Å². The van der Waals surface area contributed by atoms with Gasteiger partial charge in [-0.05, 0) is 32.9 Å². The molecule has 0 saturated carbocycles. The molecule has 1 aromatic carbocycles. The van der Waals surface area contributed by atoms with Crippen molar-refractivity contribution in [2.24, 2.45) is 0 Å². The fourth-order valence-electron chi connectivity index (χ4n) is 2.62. The number of amides is 1. The van der Waals surface area contributed by atoms with Gasteiger partial charge < -0.3 is 14.5 Å². The number of nitrogens with zero attached hydrogens (tertiary/aromatic N) is 4. The van der Waals surface area contributed by atoms with Crippen LogP contribution in [0.2, 0.25) is 0 Å². The Labute approximate surface area is 143 Å². The Bertz CT molecular complexity index is 752. The number of hydrogen-bond acceptors (Lipinski definition) is 5. The molecule has 1 aliphatic heterocycles. The van der Waals surface area contributed by atoms with Crippen LogP contribution in [-0.4, -0.2) is 60.6 Å². The normalized spacial score (nSPS) is 15.6. The Kier molecular flexibility index (Phi) is 4.34. The smallest absolute Gasteiger partial charge is 0.410 e. The minimum absolute atomic E-state index is 0.264. The number of fused-ring (bicyclic) bond motifs is 1. The number of anilines is 1. The van der Waals surface area contributed by atoms with E-state index in [4.69, 9.17) is 12.6 Å². The molecule has 2 aromatic rings. The topological polar surface area (TPSA) is 58.6 Å². The van der Waals surface area contributed by atoms with Gasteiger partial charge in [-0.15, -0.1) is 0 Å². The molecule has 1 amide bonds. The van der Waals surface area contributed by atoms with E-state index in [9.17, 15) is 4.79 Å². The lowest BCUT2D eigenvalue weighted by Gasteiger charge is -2.36. The van der Waals surface area contributed by atoms with E-state index in [2.05, 4.69) is 14.9 Å². The first-order chi connectivity index (χ1) is 11.3. The molecule has 0 bridgehead atoms. The molecule has 0 aliphatic carbocycles. The van der Waals surface area contributed by atoms with Crippen LogP contribution in [0.15, 0.2) is 24.4 Å². The maximum atomic E-state index is 12.1. The second-order valence-electron chi connectivity index (χ2n) is 6.93. The lowest BCUT2D eigenvalue weighted by atomic mass is 9.96. The van der Waals surface area contributed by atoms with Crippen molar-refractivity contribution in [1.29, 1.82) is 0 Å². The predicted molar refractivity (Wildman–Crippen MR) is 94.9 cm³/mol. The first-order valence-corrected chi connectivity index (χ1v) is 8.07. The number of benzene rings is 1. The van der Waals surface area contributed by atoms with Gasteiger partial charge in [0.05, 0.1) is 17.2 Å². The molecule has 2 radical (unpaired) electrons. The van der Waals surface area contributed by atoms with E-state index in [1.807, 2.05) is 39.0 Å². The van der Waals surface area contributed by atoms with Crippen LogP contribution in [-0.2, 0) is 4.74 Å². The second kappa shape index (κ2) is 6.30. The maximum Gasteiger partial charge on any atom is 0.410 e. The Morgan fingerprint density at radius 2 is 1.88 bits per heavy atom. The van der Waals surface area contributed by atoms with Crippen molar-refractivity contribution in [3.05, 3.63) is 24.4 Å². The van der Waals surface area contributed by atoms with Gasteiger partial charge in [0.15, 0.2) is 0 Å². The molecule has 124 valence electrons. The summed E-state index contributed by atoms with van der Waals surface area (Å²) in [6.07, 6.45) is 1.50. The summed E-state index contributed by atoms with van der Waals surface area (Å²) >= 11 is 0.